The van der Waals surface area contributed by atoms with Crippen molar-refractivity contribution in [3.05, 3.63) is 91.8 Å². The number of hydrogen-bond donors (Lipinski definition) is 2. The minimum absolute atomic E-state index is 0.101. The van der Waals surface area contributed by atoms with Crippen LogP contribution in [-0.4, -0.2) is 17.1 Å². The summed E-state index contributed by atoms with van der Waals surface area (Å²) in [4.78, 5) is 23.9. The molecule has 0 saturated heterocycles. The van der Waals surface area contributed by atoms with Crippen LogP contribution in [0.15, 0.2) is 69.3 Å². The van der Waals surface area contributed by atoms with Crippen LogP contribution < -0.4 is 15.7 Å². The molecule has 1 aromatic heterocycles. The van der Waals surface area contributed by atoms with Gasteiger partial charge in [-0.15, -0.1) is 0 Å². The Hall–Kier alpha value is -3.81. The fourth-order valence-electron chi connectivity index (χ4n) is 3.31. The van der Waals surface area contributed by atoms with Crippen LogP contribution in [0, 0.1) is 10.1 Å². The van der Waals surface area contributed by atoms with Crippen molar-refractivity contribution < 1.29 is 19.2 Å². The first-order valence-electron chi connectivity index (χ1n) is 8.10. The number of nitro groups is 1. The minimum Gasteiger partial charge on any atom is -0.507 e. The standard InChI is InChI=1S/C19H14N2O6/c1-20-18-16(21(24)25)14(10-6-2-4-8-12(10)26-18)15-17(22)11-7-3-5-9-13(11)27-19(15)23/h2-9,14,20,22H,1H3. The van der Waals surface area contributed by atoms with Gasteiger partial charge in [0.25, 0.3) is 5.88 Å². The molecule has 8 heteroatoms. The van der Waals surface area contributed by atoms with Gasteiger partial charge in [0, 0.05) is 12.6 Å². The van der Waals surface area contributed by atoms with E-state index in [1.165, 1.54) is 7.05 Å². The molecule has 4 rings (SSSR count). The summed E-state index contributed by atoms with van der Waals surface area (Å²) in [6.07, 6.45) is 0. The fourth-order valence-corrected chi connectivity index (χ4v) is 3.31. The molecule has 0 fully saturated rings. The summed E-state index contributed by atoms with van der Waals surface area (Å²) in [6.45, 7) is 0. The normalized spacial score (nSPS) is 16.0. The molecule has 136 valence electrons. The van der Waals surface area contributed by atoms with Crippen molar-refractivity contribution in [2.45, 2.75) is 5.92 Å². The molecule has 2 N–H and O–H groups in total. The Morgan fingerprint density at radius 2 is 1.85 bits per heavy atom. The summed E-state index contributed by atoms with van der Waals surface area (Å²) in [5.41, 5.74) is -0.841. The Labute approximate surface area is 152 Å². The number of allylic oxidation sites excluding steroid dienone is 1. The molecule has 0 amide bonds. The molecule has 0 bridgehead atoms. The van der Waals surface area contributed by atoms with E-state index in [0.29, 0.717) is 16.7 Å². The second-order valence-corrected chi connectivity index (χ2v) is 5.94. The van der Waals surface area contributed by atoms with Gasteiger partial charge < -0.3 is 19.6 Å². The number of aromatic hydroxyl groups is 1. The average molecular weight is 366 g/mol. The summed E-state index contributed by atoms with van der Waals surface area (Å²) in [5, 5.41) is 25.6. The molecule has 1 aliphatic rings. The third kappa shape index (κ3) is 2.50. The lowest BCUT2D eigenvalue weighted by atomic mass is 9.86. The second-order valence-electron chi connectivity index (χ2n) is 5.94. The average Bonchev–Trinajstić information content (AvgIpc) is 2.67. The Bertz CT molecular complexity index is 1160. The maximum Gasteiger partial charge on any atom is 0.344 e. The quantitative estimate of drug-likeness (QED) is 0.416. The molecular weight excluding hydrogens is 352 g/mol. The SMILES string of the molecule is CNC1=C([N+](=O)[O-])C(c2c(O)c3ccccc3oc2=O)c2ccccc2O1. The molecule has 0 aliphatic carbocycles. The number of benzene rings is 2. The van der Waals surface area contributed by atoms with Crippen LogP contribution >= 0.6 is 0 Å². The number of nitrogens with one attached hydrogen (secondary N) is 1. The second kappa shape index (κ2) is 6.17. The smallest absolute Gasteiger partial charge is 0.344 e. The van der Waals surface area contributed by atoms with Crippen LogP contribution in [0.2, 0.25) is 0 Å². The summed E-state index contributed by atoms with van der Waals surface area (Å²) < 4.78 is 10.9. The molecule has 27 heavy (non-hydrogen) atoms. The summed E-state index contributed by atoms with van der Waals surface area (Å²) in [6, 6.07) is 13.1. The summed E-state index contributed by atoms with van der Waals surface area (Å²) in [7, 11) is 1.48. The molecule has 0 saturated carbocycles. The van der Waals surface area contributed by atoms with Crippen molar-refractivity contribution >= 4 is 11.0 Å². The zero-order valence-corrected chi connectivity index (χ0v) is 14.1. The summed E-state index contributed by atoms with van der Waals surface area (Å²) >= 11 is 0. The predicted octanol–water partition coefficient (Wildman–Crippen LogP) is 2.69. The van der Waals surface area contributed by atoms with E-state index in [1.54, 1.807) is 48.5 Å². The van der Waals surface area contributed by atoms with Crippen LogP contribution in [0.1, 0.15) is 17.0 Å². The Morgan fingerprint density at radius 3 is 2.59 bits per heavy atom. The third-order valence-corrected chi connectivity index (χ3v) is 4.48. The van der Waals surface area contributed by atoms with Gasteiger partial charge >= 0.3 is 11.3 Å². The molecule has 8 nitrogen and oxygen atoms in total. The van der Waals surface area contributed by atoms with E-state index >= 15 is 0 Å². The molecule has 1 unspecified atom stereocenters. The van der Waals surface area contributed by atoms with Gasteiger partial charge in [-0.2, -0.15) is 0 Å². The highest BCUT2D eigenvalue weighted by atomic mass is 16.6. The van der Waals surface area contributed by atoms with E-state index in [2.05, 4.69) is 5.32 Å². The van der Waals surface area contributed by atoms with E-state index < -0.39 is 16.5 Å². The zero-order valence-electron chi connectivity index (χ0n) is 14.1. The lowest BCUT2D eigenvalue weighted by Gasteiger charge is -2.25. The van der Waals surface area contributed by atoms with Gasteiger partial charge in [-0.25, -0.2) is 4.79 Å². The van der Waals surface area contributed by atoms with Crippen LogP contribution in [0.5, 0.6) is 11.5 Å². The van der Waals surface area contributed by atoms with Crippen LogP contribution in [0.25, 0.3) is 11.0 Å². The Morgan fingerprint density at radius 1 is 1.15 bits per heavy atom. The van der Waals surface area contributed by atoms with Crippen molar-refractivity contribution in [1.82, 2.24) is 5.32 Å². The number of hydrogen-bond acceptors (Lipinski definition) is 7. The maximum atomic E-state index is 12.7. The van der Waals surface area contributed by atoms with Crippen LogP contribution in [0.4, 0.5) is 0 Å². The van der Waals surface area contributed by atoms with Crippen molar-refractivity contribution in [3.8, 4) is 11.5 Å². The van der Waals surface area contributed by atoms with Gasteiger partial charge in [0.1, 0.15) is 23.0 Å². The molecule has 1 atom stereocenters. The van der Waals surface area contributed by atoms with Crippen molar-refractivity contribution in [1.29, 1.82) is 0 Å². The lowest BCUT2D eigenvalue weighted by Crippen LogP contribution is -2.30. The number of rotatable bonds is 3. The molecular formula is C19H14N2O6. The third-order valence-electron chi connectivity index (χ3n) is 4.48. The first kappa shape index (κ1) is 16.6. The summed E-state index contributed by atoms with van der Waals surface area (Å²) in [5.74, 6) is -1.26. The number of ether oxygens (including phenoxy) is 1. The van der Waals surface area contributed by atoms with E-state index in [1.807, 2.05) is 0 Å². The minimum atomic E-state index is -1.16. The van der Waals surface area contributed by atoms with Crippen molar-refractivity contribution in [3.63, 3.8) is 0 Å². The van der Waals surface area contributed by atoms with E-state index in [4.69, 9.17) is 9.15 Å². The van der Waals surface area contributed by atoms with E-state index in [-0.39, 0.29) is 28.5 Å². The molecule has 0 spiro atoms. The fraction of sp³-hybridized carbons (Fsp3) is 0.105. The van der Waals surface area contributed by atoms with Gasteiger partial charge in [-0.1, -0.05) is 30.3 Å². The molecule has 3 aromatic rings. The van der Waals surface area contributed by atoms with Gasteiger partial charge in [0.05, 0.1) is 15.9 Å². The maximum absolute atomic E-state index is 12.7. The highest BCUT2D eigenvalue weighted by Gasteiger charge is 2.43. The van der Waals surface area contributed by atoms with E-state index in [0.717, 1.165) is 0 Å². The molecule has 2 heterocycles. The molecule has 2 aromatic carbocycles. The Kier molecular flexibility index (Phi) is 3.80. The Balaban J connectivity index is 2.10. The number of fused-ring (bicyclic) bond motifs is 2. The monoisotopic (exact) mass is 366 g/mol. The number of para-hydroxylation sites is 2. The van der Waals surface area contributed by atoms with Gasteiger partial charge in [-0.05, 0) is 18.2 Å². The van der Waals surface area contributed by atoms with E-state index in [9.17, 15) is 20.0 Å². The topological polar surface area (TPSA) is 115 Å². The van der Waals surface area contributed by atoms with Gasteiger partial charge in [0.15, 0.2) is 0 Å². The number of nitrogens with zero attached hydrogens (tertiary/aromatic N) is 1. The molecule has 0 radical (unpaired) electrons. The highest BCUT2D eigenvalue weighted by molar-refractivity contribution is 5.84. The predicted molar refractivity (Wildman–Crippen MR) is 96.1 cm³/mol. The van der Waals surface area contributed by atoms with Crippen molar-refractivity contribution in [2.75, 3.05) is 7.05 Å². The van der Waals surface area contributed by atoms with Gasteiger partial charge in [-0.3, -0.25) is 10.1 Å². The van der Waals surface area contributed by atoms with Crippen LogP contribution in [-0.2, 0) is 0 Å². The van der Waals surface area contributed by atoms with Crippen LogP contribution in [0.3, 0.4) is 0 Å². The largest absolute Gasteiger partial charge is 0.507 e. The first-order valence-corrected chi connectivity index (χ1v) is 8.10. The highest BCUT2D eigenvalue weighted by Crippen LogP contribution is 2.45. The first-order chi connectivity index (χ1) is 13.0. The molecule has 1 aliphatic heterocycles. The van der Waals surface area contributed by atoms with Gasteiger partial charge in [0.2, 0.25) is 0 Å². The van der Waals surface area contributed by atoms with Crippen molar-refractivity contribution in [2.24, 2.45) is 0 Å². The lowest BCUT2D eigenvalue weighted by molar-refractivity contribution is -0.433. The zero-order chi connectivity index (χ0) is 19.1.